The smallest absolute Gasteiger partial charge is 0.260 e. The number of nitrogens with zero attached hydrogens (tertiary/aromatic N) is 3. The summed E-state index contributed by atoms with van der Waals surface area (Å²) in [7, 11) is 0. The fraction of sp³-hybridized carbons (Fsp3) is 0.167. The predicted octanol–water partition coefficient (Wildman–Crippen LogP) is 5.14. The second kappa shape index (κ2) is 9.06. The second-order valence-electron chi connectivity index (χ2n) is 6.92. The quantitative estimate of drug-likeness (QED) is 0.379. The number of amides is 1. The van der Waals surface area contributed by atoms with Gasteiger partial charge in [0.25, 0.3) is 5.91 Å². The maximum atomic E-state index is 13.5. The first-order valence-corrected chi connectivity index (χ1v) is 10.7. The van der Waals surface area contributed by atoms with E-state index < -0.39 is 0 Å². The molecule has 2 aromatic heterocycles. The maximum Gasteiger partial charge on any atom is 0.260 e. The van der Waals surface area contributed by atoms with Gasteiger partial charge in [-0.15, -0.1) is 0 Å². The molecule has 6 nitrogen and oxygen atoms in total. The van der Waals surface area contributed by atoms with Crippen molar-refractivity contribution in [3.63, 3.8) is 0 Å². The molecule has 4 rings (SSSR count). The molecule has 0 bridgehead atoms. The number of ether oxygens (including phenoxy) is 1. The fourth-order valence-corrected chi connectivity index (χ4v) is 4.18. The summed E-state index contributed by atoms with van der Waals surface area (Å²) in [5, 5.41) is 0.576. The summed E-state index contributed by atoms with van der Waals surface area (Å²) < 4.78 is 6.65. The van der Waals surface area contributed by atoms with Crippen LogP contribution in [0.15, 0.2) is 67.0 Å². The molecule has 31 heavy (non-hydrogen) atoms. The van der Waals surface area contributed by atoms with Crippen LogP contribution in [0.1, 0.15) is 40.1 Å². The number of ketones is 1. The third-order valence-corrected chi connectivity index (χ3v) is 5.79. The van der Waals surface area contributed by atoms with Gasteiger partial charge in [0.2, 0.25) is 0 Å². The van der Waals surface area contributed by atoms with Crippen molar-refractivity contribution in [2.75, 3.05) is 11.5 Å². The number of benzene rings is 2. The minimum Gasteiger partial charge on any atom is -0.492 e. The number of Topliss-reactive ketones (excluding diaryl/α,β-unsaturated/α-hetero) is 1. The zero-order valence-corrected chi connectivity index (χ0v) is 18.1. The first-order chi connectivity index (χ1) is 15.1. The van der Waals surface area contributed by atoms with E-state index in [9.17, 15) is 9.59 Å². The maximum absolute atomic E-state index is 13.5. The minimum absolute atomic E-state index is 0.0409. The minimum atomic E-state index is -0.198. The van der Waals surface area contributed by atoms with E-state index in [1.807, 2.05) is 37.3 Å². The van der Waals surface area contributed by atoms with Gasteiger partial charge in [-0.2, -0.15) is 0 Å². The highest BCUT2D eigenvalue weighted by Gasteiger charge is 2.23. The Kier molecular flexibility index (Phi) is 6.04. The molecule has 2 aromatic carbocycles. The average molecular weight is 432 g/mol. The molecule has 0 aliphatic rings. The third-order valence-electron chi connectivity index (χ3n) is 4.75. The lowest BCUT2D eigenvalue weighted by molar-refractivity contribution is 0.0981. The molecule has 0 aliphatic heterocycles. The van der Waals surface area contributed by atoms with E-state index in [2.05, 4.69) is 4.98 Å². The van der Waals surface area contributed by atoms with Gasteiger partial charge in [0.15, 0.2) is 10.9 Å². The van der Waals surface area contributed by atoms with E-state index in [1.165, 1.54) is 18.3 Å². The molecular formula is C24H21N3O3S. The lowest BCUT2D eigenvalue weighted by Gasteiger charge is -2.20. The molecule has 0 radical (unpaired) electrons. The van der Waals surface area contributed by atoms with Crippen molar-refractivity contribution in [1.29, 1.82) is 0 Å². The highest BCUT2D eigenvalue weighted by Crippen LogP contribution is 2.35. The third kappa shape index (κ3) is 4.46. The van der Waals surface area contributed by atoms with Crippen molar-refractivity contribution < 1.29 is 14.3 Å². The van der Waals surface area contributed by atoms with E-state index in [1.54, 1.807) is 41.6 Å². The Morgan fingerprint density at radius 2 is 1.81 bits per heavy atom. The molecule has 0 spiro atoms. The van der Waals surface area contributed by atoms with Gasteiger partial charge in [-0.3, -0.25) is 19.5 Å². The van der Waals surface area contributed by atoms with Gasteiger partial charge in [-0.05, 0) is 49.7 Å². The molecule has 7 heteroatoms. The van der Waals surface area contributed by atoms with Gasteiger partial charge in [-0.25, -0.2) is 4.98 Å². The van der Waals surface area contributed by atoms with Gasteiger partial charge in [0.1, 0.15) is 11.3 Å². The zero-order chi connectivity index (χ0) is 21.8. The van der Waals surface area contributed by atoms with Crippen LogP contribution in [0.5, 0.6) is 5.75 Å². The number of aromatic nitrogens is 2. The highest BCUT2D eigenvalue weighted by atomic mass is 32.1. The van der Waals surface area contributed by atoms with Crippen LogP contribution in [0.25, 0.3) is 10.2 Å². The lowest BCUT2D eigenvalue weighted by Crippen LogP contribution is -2.30. The molecule has 0 N–H and O–H groups in total. The van der Waals surface area contributed by atoms with Crippen molar-refractivity contribution in [2.45, 2.75) is 20.4 Å². The number of rotatable bonds is 7. The number of fused-ring (bicyclic) bond motifs is 1. The Morgan fingerprint density at radius 3 is 2.48 bits per heavy atom. The summed E-state index contributed by atoms with van der Waals surface area (Å²) in [6.45, 7) is 4.29. The Balaban J connectivity index is 1.75. The van der Waals surface area contributed by atoms with Gasteiger partial charge in [0.05, 0.1) is 17.9 Å². The Hall–Kier alpha value is -3.58. The number of carbonyl (C=O) groups excluding carboxylic acids is 2. The standard InChI is InChI=1S/C24H21N3O3S/c1-3-30-20-7-4-8-21-22(20)26-24(31-21)27(15-17-6-5-13-25-14-17)23(29)19-11-9-18(10-12-19)16(2)28/h4-14H,3,15H2,1-2H3. The SMILES string of the molecule is CCOc1cccc2sc(N(Cc3cccnc3)C(=O)c3ccc(C(C)=O)cc3)nc12. The van der Waals surface area contributed by atoms with E-state index in [4.69, 9.17) is 9.72 Å². The van der Waals surface area contributed by atoms with Gasteiger partial charge in [-0.1, -0.05) is 35.6 Å². The number of pyridine rings is 1. The first kappa shape index (κ1) is 20.7. The largest absolute Gasteiger partial charge is 0.492 e. The van der Waals surface area contributed by atoms with Crippen LogP contribution < -0.4 is 9.64 Å². The van der Waals surface area contributed by atoms with Crippen molar-refractivity contribution in [2.24, 2.45) is 0 Å². The second-order valence-corrected chi connectivity index (χ2v) is 7.93. The van der Waals surface area contributed by atoms with Gasteiger partial charge >= 0.3 is 0 Å². The molecular weight excluding hydrogens is 410 g/mol. The molecule has 0 atom stereocenters. The van der Waals surface area contributed by atoms with Crippen LogP contribution in [-0.4, -0.2) is 28.3 Å². The Bertz CT molecular complexity index is 1220. The van der Waals surface area contributed by atoms with Crippen molar-refractivity contribution in [3.8, 4) is 5.75 Å². The van der Waals surface area contributed by atoms with Crippen LogP contribution in [-0.2, 0) is 6.54 Å². The Morgan fingerprint density at radius 1 is 1.03 bits per heavy atom. The molecule has 4 aromatic rings. The normalized spacial score (nSPS) is 10.8. The van der Waals surface area contributed by atoms with Crippen LogP contribution in [0.2, 0.25) is 0 Å². The molecule has 0 unspecified atom stereocenters. The first-order valence-electron chi connectivity index (χ1n) is 9.91. The topological polar surface area (TPSA) is 72.4 Å². The zero-order valence-electron chi connectivity index (χ0n) is 17.2. The number of thiazole rings is 1. The summed E-state index contributed by atoms with van der Waals surface area (Å²) in [6, 6.07) is 16.2. The fourth-order valence-electron chi connectivity index (χ4n) is 3.20. The van der Waals surface area contributed by atoms with Crippen molar-refractivity contribution in [1.82, 2.24) is 9.97 Å². The monoisotopic (exact) mass is 431 g/mol. The molecule has 2 heterocycles. The van der Waals surface area contributed by atoms with Crippen LogP contribution in [0.4, 0.5) is 5.13 Å². The molecule has 0 aliphatic carbocycles. The Labute approximate surface area is 184 Å². The summed E-state index contributed by atoms with van der Waals surface area (Å²) in [5.41, 5.74) is 2.68. The summed E-state index contributed by atoms with van der Waals surface area (Å²) in [5.74, 6) is 0.457. The summed E-state index contributed by atoms with van der Waals surface area (Å²) >= 11 is 1.44. The van der Waals surface area contributed by atoms with E-state index in [0.29, 0.717) is 35.2 Å². The van der Waals surface area contributed by atoms with E-state index in [-0.39, 0.29) is 11.7 Å². The molecule has 0 fully saturated rings. The average Bonchev–Trinajstić information content (AvgIpc) is 3.23. The number of anilines is 1. The number of carbonyl (C=O) groups is 2. The lowest BCUT2D eigenvalue weighted by atomic mass is 10.1. The number of hydrogen-bond donors (Lipinski definition) is 0. The van der Waals surface area contributed by atoms with Crippen molar-refractivity contribution >= 4 is 38.4 Å². The van der Waals surface area contributed by atoms with E-state index >= 15 is 0 Å². The summed E-state index contributed by atoms with van der Waals surface area (Å²) in [4.78, 5) is 35.6. The van der Waals surface area contributed by atoms with Crippen LogP contribution in [0, 0.1) is 0 Å². The number of hydrogen-bond acceptors (Lipinski definition) is 6. The number of para-hydroxylation sites is 1. The molecule has 1 amide bonds. The van der Waals surface area contributed by atoms with Crippen LogP contribution in [0.3, 0.4) is 0 Å². The highest BCUT2D eigenvalue weighted by molar-refractivity contribution is 7.22. The van der Waals surface area contributed by atoms with Crippen LogP contribution >= 0.6 is 11.3 Å². The van der Waals surface area contributed by atoms with E-state index in [0.717, 1.165) is 15.8 Å². The molecule has 156 valence electrons. The van der Waals surface area contributed by atoms with Gasteiger partial charge in [0, 0.05) is 23.5 Å². The summed E-state index contributed by atoms with van der Waals surface area (Å²) in [6.07, 6.45) is 3.43. The predicted molar refractivity (Wildman–Crippen MR) is 122 cm³/mol. The molecule has 0 saturated carbocycles. The molecule has 0 saturated heterocycles. The van der Waals surface area contributed by atoms with Crippen molar-refractivity contribution in [3.05, 3.63) is 83.7 Å². The van der Waals surface area contributed by atoms with Gasteiger partial charge < -0.3 is 4.74 Å².